The van der Waals surface area contributed by atoms with E-state index in [-0.39, 0.29) is 69.7 Å². The van der Waals surface area contributed by atoms with Crippen LogP contribution in [0.15, 0.2) is 17.1 Å². The maximum absolute atomic E-state index is 13.3. The second kappa shape index (κ2) is 37.9. The Balaban J connectivity index is 0.803. The largest absolute Gasteiger partial charge is 0.477 e. The van der Waals surface area contributed by atoms with Crippen LogP contribution in [-0.4, -0.2) is 345 Å². The summed E-state index contributed by atoms with van der Waals surface area (Å²) < 4.78 is 83.4. The number of amides is 5. The Hall–Kier alpha value is -6.07. The molecule has 0 bridgehead atoms. The van der Waals surface area contributed by atoms with Crippen molar-refractivity contribution in [3.63, 3.8) is 0 Å². The lowest BCUT2D eigenvalue weighted by molar-refractivity contribution is -0.389. The lowest BCUT2D eigenvalue weighted by Crippen LogP contribution is -2.69. The SMILES string of the molecule is CO[C@@H]1C(OC=O)O[C@@H](O[C@@H]2C(CO)O[C@H](O[C@@H]3C(OC=O)O[C@@H](OCCNC(=O)CCCN4C(=O)CC(SCCCC(=O)NCC(=O)C[C@H]5C([C@H](O)[C@H](O)CO)O[C@](OP(=O)(O)OC[C@H]6O[C@@H](n7ccc(N)nc7=O)C(O)[C@H]6O)(C(=O)O)C[C@H]5O)C4=O)[C@@H](O)C3O)[C@@H](NC(C)=O)C2O)[C@@H](O)C1O. The fourth-order valence-corrected chi connectivity index (χ4v) is 13.9. The predicted molar refractivity (Wildman–Crippen MR) is 327 cm³/mol. The number of rotatable bonds is 38. The number of nitrogens with two attached hydrogens (primary N) is 1. The quantitative estimate of drug-likeness (QED) is 0.0127. The predicted octanol–water partition coefficient (Wildman–Crippen LogP) is -11.0. The van der Waals surface area contributed by atoms with Gasteiger partial charge in [-0.1, -0.05) is 0 Å². The maximum Gasteiger partial charge on any atom is 0.475 e. The first kappa shape index (κ1) is 84.2. The molecule has 0 aliphatic carbocycles. The van der Waals surface area contributed by atoms with E-state index in [2.05, 4.69) is 20.9 Å². The number of Topliss-reactive ketones (excluding diaryl/α,β-unsaturated/α-hetero) is 1. The zero-order valence-corrected chi connectivity index (χ0v) is 56.4. The zero-order valence-electron chi connectivity index (χ0n) is 54.7. The number of carbonyl (C=O) groups is 9. The Morgan fingerprint density at radius 3 is 2.10 bits per heavy atom. The number of nitrogen functional groups attached to an aromatic ring is 1. The second-order valence-electron chi connectivity index (χ2n) is 24.2. The Labute approximate surface area is 586 Å². The Morgan fingerprint density at radius 2 is 1.46 bits per heavy atom. The lowest BCUT2D eigenvalue weighted by Gasteiger charge is -2.49. The number of likely N-dealkylation sites (tertiary alicyclic amines) is 1. The molecule has 6 fully saturated rings. The van der Waals surface area contributed by atoms with Crippen LogP contribution in [0, 0.1) is 5.92 Å². The minimum Gasteiger partial charge on any atom is -0.477 e. The fourth-order valence-electron chi connectivity index (χ4n) is 11.8. The topological polar surface area (TPSA) is 674 Å². The molecule has 47 heteroatoms. The molecule has 19 N–H and O–H groups in total. The zero-order chi connectivity index (χ0) is 75.9. The van der Waals surface area contributed by atoms with Crippen LogP contribution in [0.2, 0.25) is 0 Å². The second-order valence-corrected chi connectivity index (χ2v) is 26.9. The number of phosphoric ester groups is 1. The minimum atomic E-state index is -5.73. The molecule has 27 atom stereocenters. The van der Waals surface area contributed by atoms with E-state index < -0.39 is 259 Å². The van der Waals surface area contributed by atoms with Crippen molar-refractivity contribution in [1.29, 1.82) is 0 Å². The van der Waals surface area contributed by atoms with Crippen molar-refractivity contribution >= 4 is 79.6 Å². The van der Waals surface area contributed by atoms with Gasteiger partial charge < -0.3 is 145 Å². The number of hydrogen-bond acceptors (Lipinski definition) is 39. The van der Waals surface area contributed by atoms with Gasteiger partial charge in [-0.3, -0.25) is 52.3 Å². The first-order chi connectivity index (χ1) is 48.7. The number of ether oxygens (including phenoxy) is 11. The summed E-state index contributed by atoms with van der Waals surface area (Å²) in [5.74, 6) is -11.3. The molecule has 45 nitrogen and oxygen atoms in total. The van der Waals surface area contributed by atoms with Crippen LogP contribution >= 0.6 is 19.6 Å². The molecule has 7 heterocycles. The van der Waals surface area contributed by atoms with Crippen molar-refractivity contribution in [1.82, 2.24) is 30.4 Å². The van der Waals surface area contributed by atoms with Gasteiger partial charge in [0, 0.05) is 71.3 Å². The number of carboxylic acid groups (broad SMARTS) is 1. The number of imide groups is 1. The van der Waals surface area contributed by atoms with Gasteiger partial charge in [0.05, 0.1) is 50.4 Å². The van der Waals surface area contributed by atoms with Crippen LogP contribution in [-0.2, 0) is 109 Å². The van der Waals surface area contributed by atoms with Gasteiger partial charge in [0.25, 0.3) is 18.7 Å². The number of hydrogen-bond donors (Lipinski definition) is 18. The summed E-state index contributed by atoms with van der Waals surface area (Å²) in [6, 6.07) is -0.518. The summed E-state index contributed by atoms with van der Waals surface area (Å²) in [6.45, 7) is -3.93. The average molecular weight is 1530 g/mol. The van der Waals surface area contributed by atoms with Crippen LogP contribution < -0.4 is 27.4 Å². The van der Waals surface area contributed by atoms with Crippen molar-refractivity contribution in [2.45, 2.75) is 204 Å². The highest BCUT2D eigenvalue weighted by Gasteiger charge is 2.60. The van der Waals surface area contributed by atoms with Crippen LogP contribution in [0.5, 0.6) is 0 Å². The number of ketones is 1. The van der Waals surface area contributed by atoms with Crippen molar-refractivity contribution in [3.05, 3.63) is 22.7 Å². The van der Waals surface area contributed by atoms with Crippen molar-refractivity contribution < 1.29 is 180 Å². The smallest absolute Gasteiger partial charge is 0.475 e. The van der Waals surface area contributed by atoms with Crippen molar-refractivity contribution in [2.75, 3.05) is 64.7 Å². The minimum absolute atomic E-state index is 0.00599. The average Bonchev–Trinajstić information content (AvgIpc) is 0.890. The maximum atomic E-state index is 13.3. The number of aliphatic carboxylic acids is 1. The highest BCUT2D eigenvalue weighted by molar-refractivity contribution is 8.00. The van der Waals surface area contributed by atoms with Gasteiger partial charge in [0.1, 0.15) is 91.2 Å². The summed E-state index contributed by atoms with van der Waals surface area (Å²) in [5, 5.41) is 145. The molecule has 0 radical (unpaired) electrons. The Morgan fingerprint density at radius 1 is 0.816 bits per heavy atom. The summed E-state index contributed by atoms with van der Waals surface area (Å²) in [6.07, 6.45) is -42.7. The third kappa shape index (κ3) is 21.2. The molecule has 582 valence electrons. The van der Waals surface area contributed by atoms with Gasteiger partial charge in [-0.25, -0.2) is 18.7 Å². The third-order valence-electron chi connectivity index (χ3n) is 17.1. The molecule has 6 aliphatic rings. The van der Waals surface area contributed by atoms with E-state index in [4.69, 9.17) is 66.9 Å². The van der Waals surface area contributed by atoms with E-state index in [0.717, 1.165) is 47.5 Å². The molecule has 0 spiro atoms. The molecule has 103 heavy (non-hydrogen) atoms. The summed E-state index contributed by atoms with van der Waals surface area (Å²) in [7, 11) is -4.61. The molecular weight excluding hydrogens is 1440 g/mol. The van der Waals surface area contributed by atoms with Gasteiger partial charge in [-0.15, -0.1) is 11.8 Å². The van der Waals surface area contributed by atoms with Gasteiger partial charge in [0.2, 0.25) is 42.1 Å². The highest BCUT2D eigenvalue weighted by atomic mass is 32.2. The molecule has 0 saturated carbocycles. The monoisotopic (exact) mass is 1530 g/mol. The number of thioether (sulfide) groups is 1. The summed E-state index contributed by atoms with van der Waals surface area (Å²) in [4.78, 5) is 140. The van der Waals surface area contributed by atoms with Gasteiger partial charge >= 0.3 is 19.5 Å². The first-order valence-corrected chi connectivity index (χ1v) is 34.3. The first-order valence-electron chi connectivity index (χ1n) is 31.7. The molecule has 10 unspecified atom stereocenters. The van der Waals surface area contributed by atoms with Gasteiger partial charge in [-0.05, 0) is 24.7 Å². The van der Waals surface area contributed by atoms with Crippen LogP contribution in [0.25, 0.3) is 0 Å². The third-order valence-corrected chi connectivity index (χ3v) is 19.4. The molecule has 6 saturated heterocycles. The number of aromatic nitrogens is 2. The number of nitrogens with one attached hydrogen (secondary N) is 3. The molecule has 1 aromatic rings. The number of phosphoric acid groups is 1. The summed E-state index contributed by atoms with van der Waals surface area (Å²) >= 11 is 1.06. The number of carbonyl (C=O) groups excluding carboxylic acids is 8. The van der Waals surface area contributed by atoms with E-state index in [0.29, 0.717) is 0 Å². The normalized spacial score (nSPS) is 35.8. The van der Waals surface area contributed by atoms with Crippen LogP contribution in [0.1, 0.15) is 58.1 Å². The van der Waals surface area contributed by atoms with Crippen LogP contribution in [0.4, 0.5) is 5.82 Å². The number of aliphatic hydroxyl groups excluding tert-OH is 12. The fraction of sp³-hybridized carbons (Fsp3) is 0.768. The molecule has 1 aromatic heterocycles. The van der Waals surface area contributed by atoms with E-state index in [1.165, 1.54) is 0 Å². The van der Waals surface area contributed by atoms with Crippen molar-refractivity contribution in [2.24, 2.45) is 5.92 Å². The Kier molecular flexibility index (Phi) is 31.0. The number of methoxy groups -OCH3 is 1. The van der Waals surface area contributed by atoms with E-state index in [1.807, 2.05) is 0 Å². The van der Waals surface area contributed by atoms with Crippen molar-refractivity contribution in [3.8, 4) is 0 Å². The number of nitrogens with zero attached hydrogens (tertiary/aromatic N) is 3. The highest BCUT2D eigenvalue weighted by Crippen LogP contribution is 2.52. The molecule has 7 rings (SSSR count). The number of aliphatic hydroxyl groups is 12. The molecule has 0 aromatic carbocycles. The van der Waals surface area contributed by atoms with E-state index in [9.17, 15) is 124 Å². The van der Waals surface area contributed by atoms with Gasteiger partial charge in [-0.2, -0.15) is 4.98 Å². The standard InChI is InChI=1S/C56H84N7O38PS/c1-22(68)60-34-37(77)44(96-51-42(82)38(78)45(89-2)52(99-51)91-20-66)27(18-65)95-49(34)97-46-39(79)41(81)50(98-53(46)92-21-67)90-11-8-58-31(72)5-3-9-62-33(74)14-29(47(62)83)103-12-4-6-32(73)59-16-23(69)13-24-25(70)15-56(54(84)85,100-43(24)35(75)26(71)17-64)101-102(87,88)93-19-28-36(76)40(80)48(94-28)63-10-7-30(57)61-55(63)86/h7,10,20-21,24-29,34-46,48-53,64-65,70-71,75-82H,3-6,8-9,11-19H2,1-2H3,(H,58,72)(H,59,73)(H,60,68)(H,84,85)(H,87,88)(H2,57,61,86)/t24-,25-,26-,27?,28-,29?,34+,35-,36+,37?,38?,39?,40?,41+,42+,43?,44-,45+,46+,48-,49-,50-,51-,52?,53?,56-/m1/s1. The molecular formula is C56H84N7O38PS. The van der Waals surface area contributed by atoms with Gasteiger partial charge in [0.15, 0.2) is 37.0 Å². The number of carboxylic acids is 1. The molecule has 5 amide bonds. The number of anilines is 1. The van der Waals surface area contributed by atoms with E-state index >= 15 is 0 Å². The van der Waals surface area contributed by atoms with Crippen LogP contribution in [0.3, 0.4) is 0 Å². The molecule has 6 aliphatic heterocycles. The Bertz CT molecular complexity index is 3190. The summed E-state index contributed by atoms with van der Waals surface area (Å²) in [5.41, 5.74) is 4.47. The van der Waals surface area contributed by atoms with E-state index in [1.54, 1.807) is 0 Å². The lowest BCUT2D eigenvalue weighted by atomic mass is 9.80.